The normalized spacial score (nSPS) is 11.8. The van der Waals surface area contributed by atoms with E-state index in [1.165, 1.54) is 0 Å². The van der Waals surface area contributed by atoms with Gasteiger partial charge in [-0.15, -0.1) is 0 Å². The molecule has 0 spiro atoms. The van der Waals surface area contributed by atoms with Crippen molar-refractivity contribution in [3.05, 3.63) is 66.0 Å². The van der Waals surface area contributed by atoms with Crippen LogP contribution >= 0.6 is 0 Å². The van der Waals surface area contributed by atoms with Crippen LogP contribution in [0.2, 0.25) is 0 Å². The van der Waals surface area contributed by atoms with Gasteiger partial charge in [-0.25, -0.2) is 0 Å². The van der Waals surface area contributed by atoms with E-state index in [0.717, 1.165) is 11.1 Å². The summed E-state index contributed by atoms with van der Waals surface area (Å²) in [5.41, 5.74) is 1.80. The van der Waals surface area contributed by atoms with Gasteiger partial charge in [0, 0.05) is 18.9 Å². The molecule has 2 rings (SSSR count). The van der Waals surface area contributed by atoms with Gasteiger partial charge in [-0.2, -0.15) is 0 Å². The van der Waals surface area contributed by atoms with Gasteiger partial charge in [0.05, 0.1) is 12.5 Å². The third kappa shape index (κ3) is 3.63. The Morgan fingerprint density at radius 3 is 2.47 bits per heavy atom. The summed E-state index contributed by atoms with van der Waals surface area (Å²) in [7, 11) is 0. The Morgan fingerprint density at radius 2 is 1.84 bits per heavy atom. The maximum atomic E-state index is 12.1. The summed E-state index contributed by atoms with van der Waals surface area (Å²) >= 11 is 0. The molecule has 1 aromatic carbocycles. The Morgan fingerprint density at radius 1 is 1.16 bits per heavy atom. The van der Waals surface area contributed by atoms with E-state index in [0.29, 0.717) is 6.54 Å². The summed E-state index contributed by atoms with van der Waals surface area (Å²) in [6, 6.07) is 13.1. The third-order valence-corrected chi connectivity index (χ3v) is 2.92. The lowest BCUT2D eigenvalue weighted by molar-refractivity contribution is -0.123. The predicted molar refractivity (Wildman–Crippen MR) is 72.4 cm³/mol. The Balaban J connectivity index is 1.98. The average Bonchev–Trinajstić information content (AvgIpc) is 2.48. The molecule has 4 nitrogen and oxygen atoms in total. The van der Waals surface area contributed by atoms with Crippen LogP contribution in [0.25, 0.3) is 0 Å². The molecule has 1 aromatic heterocycles. The Hall–Kier alpha value is -2.20. The van der Waals surface area contributed by atoms with Gasteiger partial charge >= 0.3 is 0 Å². The van der Waals surface area contributed by atoms with Gasteiger partial charge in [0.1, 0.15) is 0 Å². The highest BCUT2D eigenvalue weighted by Gasteiger charge is 2.19. The molecule has 2 aromatic rings. The summed E-state index contributed by atoms with van der Waals surface area (Å²) in [5, 5.41) is 12.2. The number of pyridine rings is 1. The Bertz CT molecular complexity index is 514. The molecule has 2 N–H and O–H groups in total. The molecule has 98 valence electrons. The van der Waals surface area contributed by atoms with Crippen LogP contribution in [0.1, 0.15) is 17.0 Å². The van der Waals surface area contributed by atoms with Crippen LogP contribution in [0.4, 0.5) is 0 Å². The zero-order valence-electron chi connectivity index (χ0n) is 10.5. The summed E-state index contributed by atoms with van der Waals surface area (Å²) in [5.74, 6) is -0.732. The van der Waals surface area contributed by atoms with E-state index >= 15 is 0 Å². The maximum Gasteiger partial charge on any atom is 0.230 e. The van der Waals surface area contributed by atoms with Gasteiger partial charge in [-0.3, -0.25) is 9.78 Å². The predicted octanol–water partition coefficient (Wildman–Crippen LogP) is 1.47. The van der Waals surface area contributed by atoms with Crippen molar-refractivity contribution in [2.45, 2.75) is 12.5 Å². The highest BCUT2D eigenvalue weighted by atomic mass is 16.3. The smallest absolute Gasteiger partial charge is 0.230 e. The summed E-state index contributed by atoms with van der Waals surface area (Å²) < 4.78 is 0. The molecule has 19 heavy (non-hydrogen) atoms. The number of nitrogens with one attached hydrogen (secondary N) is 1. The minimum Gasteiger partial charge on any atom is -0.395 e. The van der Waals surface area contributed by atoms with Crippen LogP contribution in [-0.4, -0.2) is 22.6 Å². The van der Waals surface area contributed by atoms with E-state index in [9.17, 15) is 9.90 Å². The molecular weight excluding hydrogens is 240 g/mol. The fourth-order valence-corrected chi connectivity index (χ4v) is 1.84. The van der Waals surface area contributed by atoms with Crippen molar-refractivity contribution < 1.29 is 9.90 Å². The second-order valence-corrected chi connectivity index (χ2v) is 4.22. The fourth-order valence-electron chi connectivity index (χ4n) is 1.84. The van der Waals surface area contributed by atoms with Crippen molar-refractivity contribution in [3.63, 3.8) is 0 Å². The average molecular weight is 256 g/mol. The first kappa shape index (κ1) is 13.2. The lowest BCUT2D eigenvalue weighted by Crippen LogP contribution is -2.30. The van der Waals surface area contributed by atoms with Gasteiger partial charge < -0.3 is 10.4 Å². The van der Waals surface area contributed by atoms with Crippen LogP contribution < -0.4 is 5.32 Å². The van der Waals surface area contributed by atoms with Crippen molar-refractivity contribution in [2.24, 2.45) is 0 Å². The first-order chi connectivity index (χ1) is 9.31. The van der Waals surface area contributed by atoms with Gasteiger partial charge in [0.15, 0.2) is 0 Å². The number of hydrogen-bond acceptors (Lipinski definition) is 3. The molecule has 0 bridgehead atoms. The number of aromatic nitrogens is 1. The number of aliphatic hydroxyl groups excluding tert-OH is 1. The van der Waals surface area contributed by atoms with Gasteiger partial charge in [-0.1, -0.05) is 30.3 Å². The summed E-state index contributed by atoms with van der Waals surface area (Å²) in [6.07, 6.45) is 3.23. The molecule has 0 aliphatic carbocycles. The second-order valence-electron chi connectivity index (χ2n) is 4.22. The molecular formula is C15H16N2O2. The van der Waals surface area contributed by atoms with Crippen molar-refractivity contribution in [1.29, 1.82) is 0 Å². The highest BCUT2D eigenvalue weighted by molar-refractivity contribution is 5.83. The van der Waals surface area contributed by atoms with Crippen molar-refractivity contribution in [2.75, 3.05) is 6.61 Å². The van der Waals surface area contributed by atoms with Gasteiger partial charge in [-0.05, 0) is 23.3 Å². The molecule has 1 atom stereocenters. The van der Waals surface area contributed by atoms with E-state index in [4.69, 9.17) is 0 Å². The zero-order chi connectivity index (χ0) is 13.5. The van der Waals surface area contributed by atoms with E-state index in [1.807, 2.05) is 30.3 Å². The van der Waals surface area contributed by atoms with E-state index in [-0.39, 0.29) is 12.5 Å². The van der Waals surface area contributed by atoms with Crippen LogP contribution in [0.5, 0.6) is 0 Å². The molecule has 0 radical (unpaired) electrons. The SMILES string of the molecule is O=C(NCc1ccccc1)[C@H](CO)c1ccncc1. The quantitative estimate of drug-likeness (QED) is 0.851. The van der Waals surface area contributed by atoms with Crippen molar-refractivity contribution in [3.8, 4) is 0 Å². The van der Waals surface area contributed by atoms with E-state index in [2.05, 4.69) is 10.3 Å². The van der Waals surface area contributed by atoms with Crippen molar-refractivity contribution in [1.82, 2.24) is 10.3 Å². The lowest BCUT2D eigenvalue weighted by atomic mass is 10.0. The molecule has 1 heterocycles. The second kappa shape index (κ2) is 6.66. The van der Waals surface area contributed by atoms with Gasteiger partial charge in [0.25, 0.3) is 0 Å². The molecule has 0 saturated heterocycles. The molecule has 0 aliphatic rings. The largest absolute Gasteiger partial charge is 0.395 e. The minimum atomic E-state index is -0.549. The molecule has 0 saturated carbocycles. The monoisotopic (exact) mass is 256 g/mol. The van der Waals surface area contributed by atoms with Crippen LogP contribution in [0.3, 0.4) is 0 Å². The first-order valence-corrected chi connectivity index (χ1v) is 6.13. The molecule has 0 unspecified atom stereocenters. The van der Waals surface area contributed by atoms with E-state index in [1.54, 1.807) is 24.5 Å². The van der Waals surface area contributed by atoms with Crippen LogP contribution in [-0.2, 0) is 11.3 Å². The molecule has 4 heteroatoms. The Labute approximate surface area is 112 Å². The summed E-state index contributed by atoms with van der Waals surface area (Å²) in [6.45, 7) is 0.242. The first-order valence-electron chi connectivity index (χ1n) is 6.13. The summed E-state index contributed by atoms with van der Waals surface area (Å²) in [4.78, 5) is 16.0. The lowest BCUT2D eigenvalue weighted by Gasteiger charge is -2.14. The number of amides is 1. The fraction of sp³-hybridized carbons (Fsp3) is 0.200. The molecule has 0 fully saturated rings. The maximum absolute atomic E-state index is 12.1. The third-order valence-electron chi connectivity index (χ3n) is 2.92. The number of benzene rings is 1. The topological polar surface area (TPSA) is 62.2 Å². The minimum absolute atomic E-state index is 0.183. The van der Waals surface area contributed by atoms with Gasteiger partial charge in [0.2, 0.25) is 5.91 Å². The molecule has 1 amide bonds. The standard InChI is InChI=1S/C15H16N2O2/c18-11-14(13-6-8-16-9-7-13)15(19)17-10-12-4-2-1-3-5-12/h1-9,14,18H,10-11H2,(H,17,19)/t14-/m1/s1. The number of aliphatic hydroxyl groups is 1. The van der Waals surface area contributed by atoms with Crippen molar-refractivity contribution >= 4 is 5.91 Å². The van der Waals surface area contributed by atoms with Crippen LogP contribution in [0.15, 0.2) is 54.9 Å². The molecule has 0 aliphatic heterocycles. The number of carbonyl (C=O) groups excluding carboxylic acids is 1. The number of carbonyl (C=O) groups is 1. The number of nitrogens with zero attached hydrogens (tertiary/aromatic N) is 1. The number of rotatable bonds is 5. The Kier molecular flexibility index (Phi) is 4.64. The van der Waals surface area contributed by atoms with E-state index < -0.39 is 5.92 Å². The highest BCUT2D eigenvalue weighted by Crippen LogP contribution is 2.14. The van der Waals surface area contributed by atoms with Crippen LogP contribution in [0, 0.1) is 0 Å². The zero-order valence-corrected chi connectivity index (χ0v) is 10.5. The number of hydrogen-bond donors (Lipinski definition) is 2.